The summed E-state index contributed by atoms with van der Waals surface area (Å²) in [6.45, 7) is 5.82. The summed E-state index contributed by atoms with van der Waals surface area (Å²) in [6, 6.07) is 3.86. The van der Waals surface area contributed by atoms with Gasteiger partial charge in [0, 0.05) is 12.6 Å². The minimum absolute atomic E-state index is 0.00653. The molecule has 6 heteroatoms. The van der Waals surface area contributed by atoms with Crippen LogP contribution < -0.4 is 10.1 Å². The summed E-state index contributed by atoms with van der Waals surface area (Å²) >= 11 is 3.17. The number of aliphatic hydroxyl groups is 1. The van der Waals surface area contributed by atoms with Crippen LogP contribution in [0.2, 0.25) is 0 Å². The average molecular weight is 362 g/mol. The summed E-state index contributed by atoms with van der Waals surface area (Å²) in [5, 5.41) is 11.9. The van der Waals surface area contributed by atoms with Crippen molar-refractivity contribution in [3.8, 4) is 5.75 Å². The summed E-state index contributed by atoms with van der Waals surface area (Å²) in [5.74, 6) is -0.255. The van der Waals surface area contributed by atoms with Gasteiger partial charge >= 0.3 is 0 Å². The zero-order valence-corrected chi connectivity index (χ0v) is 14.0. The topological polar surface area (TPSA) is 58.6 Å². The third-order valence-corrected chi connectivity index (χ3v) is 3.67. The van der Waals surface area contributed by atoms with Crippen molar-refractivity contribution in [3.63, 3.8) is 0 Å². The van der Waals surface area contributed by atoms with Crippen molar-refractivity contribution in [1.82, 2.24) is 5.32 Å². The van der Waals surface area contributed by atoms with Gasteiger partial charge in [-0.05, 0) is 46.0 Å². The summed E-state index contributed by atoms with van der Waals surface area (Å²) in [7, 11) is 0. The first-order valence-corrected chi connectivity index (χ1v) is 7.51. The minimum Gasteiger partial charge on any atom is -0.483 e. The van der Waals surface area contributed by atoms with Crippen LogP contribution in [0.4, 0.5) is 4.39 Å². The molecular formula is C15H21BrFNO3. The standard InChI is InChI=1S/C15H21BrFNO3/c1-15(2,3)13(6-7-19)18-14(20)9-21-12-5-4-10(17)8-11(12)16/h4-5,8,13,19H,6-7,9H2,1-3H3,(H,18,20). The lowest BCUT2D eigenvalue weighted by molar-refractivity contribution is -0.124. The lowest BCUT2D eigenvalue weighted by Crippen LogP contribution is -2.46. The highest BCUT2D eigenvalue weighted by atomic mass is 79.9. The molecule has 0 saturated carbocycles. The van der Waals surface area contributed by atoms with Crippen LogP contribution in [-0.2, 0) is 4.79 Å². The third-order valence-electron chi connectivity index (χ3n) is 3.05. The molecule has 0 aliphatic heterocycles. The van der Waals surface area contributed by atoms with Gasteiger partial charge in [0.1, 0.15) is 11.6 Å². The van der Waals surface area contributed by atoms with Crippen molar-refractivity contribution in [3.05, 3.63) is 28.5 Å². The Morgan fingerprint density at radius 3 is 2.67 bits per heavy atom. The fraction of sp³-hybridized carbons (Fsp3) is 0.533. The molecular weight excluding hydrogens is 341 g/mol. The first-order chi connectivity index (χ1) is 9.74. The molecule has 1 aromatic rings. The molecule has 0 aliphatic carbocycles. The molecule has 21 heavy (non-hydrogen) atoms. The molecule has 1 unspecified atom stereocenters. The lowest BCUT2D eigenvalue weighted by Gasteiger charge is -2.31. The van der Waals surface area contributed by atoms with Crippen LogP contribution in [0.3, 0.4) is 0 Å². The SMILES string of the molecule is CC(C)(C)C(CCO)NC(=O)COc1ccc(F)cc1Br. The average Bonchev–Trinajstić information content (AvgIpc) is 2.36. The predicted octanol–water partition coefficient (Wildman–Crippen LogP) is 2.88. The fourth-order valence-electron chi connectivity index (χ4n) is 1.82. The first kappa shape index (κ1) is 17.9. The van der Waals surface area contributed by atoms with Crippen molar-refractivity contribution in [2.45, 2.75) is 33.2 Å². The third kappa shape index (κ3) is 6.01. The number of benzene rings is 1. The summed E-state index contributed by atoms with van der Waals surface area (Å²) in [4.78, 5) is 11.9. The molecule has 0 spiro atoms. The van der Waals surface area contributed by atoms with Gasteiger partial charge in [0.05, 0.1) is 4.47 Å². The number of carbonyl (C=O) groups excluding carboxylic acids is 1. The van der Waals surface area contributed by atoms with Crippen LogP contribution >= 0.6 is 15.9 Å². The number of hydrogen-bond donors (Lipinski definition) is 2. The predicted molar refractivity (Wildman–Crippen MR) is 82.7 cm³/mol. The Kier molecular flexibility index (Phi) is 6.61. The van der Waals surface area contributed by atoms with Crippen LogP contribution in [0.5, 0.6) is 5.75 Å². The number of nitrogens with one attached hydrogen (secondary N) is 1. The van der Waals surface area contributed by atoms with Crippen LogP contribution in [0.25, 0.3) is 0 Å². The second-order valence-electron chi connectivity index (χ2n) is 5.86. The van der Waals surface area contributed by atoms with Gasteiger partial charge in [-0.3, -0.25) is 4.79 Å². The van der Waals surface area contributed by atoms with E-state index in [1.165, 1.54) is 18.2 Å². The Bertz CT molecular complexity index is 488. The monoisotopic (exact) mass is 361 g/mol. The van der Waals surface area contributed by atoms with Gasteiger partial charge < -0.3 is 15.2 Å². The van der Waals surface area contributed by atoms with Crippen molar-refractivity contribution in [2.75, 3.05) is 13.2 Å². The van der Waals surface area contributed by atoms with Crippen LogP contribution in [0, 0.1) is 11.2 Å². The van der Waals surface area contributed by atoms with Gasteiger partial charge in [-0.2, -0.15) is 0 Å². The van der Waals surface area contributed by atoms with Crippen LogP contribution in [0.15, 0.2) is 22.7 Å². The van der Waals surface area contributed by atoms with E-state index in [4.69, 9.17) is 9.84 Å². The van der Waals surface area contributed by atoms with Gasteiger partial charge in [0.25, 0.3) is 5.91 Å². The highest BCUT2D eigenvalue weighted by molar-refractivity contribution is 9.10. The molecule has 0 saturated heterocycles. The van der Waals surface area contributed by atoms with Crippen LogP contribution in [-0.4, -0.2) is 30.3 Å². The molecule has 1 rings (SSSR count). The Hall–Kier alpha value is -1.14. The van der Waals surface area contributed by atoms with E-state index in [9.17, 15) is 9.18 Å². The maximum absolute atomic E-state index is 12.9. The summed E-state index contributed by atoms with van der Waals surface area (Å²) in [5.41, 5.74) is -0.158. The number of aliphatic hydroxyl groups excluding tert-OH is 1. The number of carbonyl (C=O) groups is 1. The Morgan fingerprint density at radius 2 is 2.14 bits per heavy atom. The van der Waals surface area contributed by atoms with E-state index in [2.05, 4.69) is 21.2 Å². The van der Waals surface area contributed by atoms with E-state index in [-0.39, 0.29) is 36.4 Å². The molecule has 4 nitrogen and oxygen atoms in total. The Morgan fingerprint density at radius 1 is 1.48 bits per heavy atom. The summed E-state index contributed by atoms with van der Waals surface area (Å²) < 4.78 is 18.8. The van der Waals surface area contributed by atoms with Gasteiger partial charge in [0.2, 0.25) is 0 Å². The van der Waals surface area contributed by atoms with E-state index < -0.39 is 0 Å². The number of halogens is 2. The van der Waals surface area contributed by atoms with E-state index in [0.29, 0.717) is 16.6 Å². The van der Waals surface area contributed by atoms with E-state index >= 15 is 0 Å². The molecule has 0 fully saturated rings. The minimum atomic E-state index is -0.380. The molecule has 0 bridgehead atoms. The number of rotatable bonds is 6. The summed E-state index contributed by atoms with van der Waals surface area (Å²) in [6.07, 6.45) is 0.482. The maximum Gasteiger partial charge on any atom is 0.258 e. The molecule has 1 amide bonds. The van der Waals surface area contributed by atoms with Crippen molar-refractivity contribution in [1.29, 1.82) is 0 Å². The number of hydrogen-bond acceptors (Lipinski definition) is 3. The zero-order chi connectivity index (χ0) is 16.0. The normalized spacial score (nSPS) is 12.9. The second-order valence-corrected chi connectivity index (χ2v) is 6.72. The number of amides is 1. The van der Waals surface area contributed by atoms with E-state index in [1.807, 2.05) is 20.8 Å². The Balaban J connectivity index is 2.57. The van der Waals surface area contributed by atoms with Gasteiger partial charge in [-0.1, -0.05) is 20.8 Å². The highest BCUT2D eigenvalue weighted by Gasteiger charge is 2.25. The zero-order valence-electron chi connectivity index (χ0n) is 12.5. The molecule has 1 atom stereocenters. The highest BCUT2D eigenvalue weighted by Crippen LogP contribution is 2.25. The maximum atomic E-state index is 12.9. The Labute approximate surface area is 132 Å². The smallest absolute Gasteiger partial charge is 0.258 e. The van der Waals surface area contributed by atoms with E-state index in [1.54, 1.807) is 0 Å². The van der Waals surface area contributed by atoms with Crippen molar-refractivity contribution < 1.29 is 19.0 Å². The van der Waals surface area contributed by atoms with Crippen molar-refractivity contribution in [2.24, 2.45) is 5.41 Å². The molecule has 1 aromatic carbocycles. The van der Waals surface area contributed by atoms with Crippen molar-refractivity contribution >= 4 is 21.8 Å². The van der Waals surface area contributed by atoms with Gasteiger partial charge in [-0.25, -0.2) is 4.39 Å². The number of ether oxygens (including phenoxy) is 1. The van der Waals surface area contributed by atoms with E-state index in [0.717, 1.165) is 0 Å². The molecule has 2 N–H and O–H groups in total. The second kappa shape index (κ2) is 7.75. The molecule has 0 aromatic heterocycles. The first-order valence-electron chi connectivity index (χ1n) is 6.72. The largest absolute Gasteiger partial charge is 0.483 e. The molecule has 0 heterocycles. The van der Waals surface area contributed by atoms with Gasteiger partial charge in [-0.15, -0.1) is 0 Å². The fourth-order valence-corrected chi connectivity index (χ4v) is 2.29. The molecule has 118 valence electrons. The molecule has 0 aliphatic rings. The van der Waals surface area contributed by atoms with Crippen LogP contribution in [0.1, 0.15) is 27.2 Å². The molecule has 0 radical (unpaired) electrons. The lowest BCUT2D eigenvalue weighted by atomic mass is 9.85. The quantitative estimate of drug-likeness (QED) is 0.818. The van der Waals surface area contributed by atoms with Gasteiger partial charge in [0.15, 0.2) is 6.61 Å².